The molecule has 0 fully saturated rings. The molecule has 0 heterocycles. The third-order valence-corrected chi connectivity index (χ3v) is 3.57. The van der Waals surface area contributed by atoms with E-state index in [1.54, 1.807) is 0 Å². The highest BCUT2D eigenvalue weighted by Gasteiger charge is 2.23. The Hall–Kier alpha value is -2.13. The Balaban J connectivity index is 2.13. The Labute approximate surface area is 126 Å². The summed E-state index contributed by atoms with van der Waals surface area (Å²) in [5.41, 5.74) is 1.89. The maximum Gasteiger partial charge on any atom is 0.251 e. The molecule has 0 saturated heterocycles. The van der Waals surface area contributed by atoms with Crippen molar-refractivity contribution >= 4 is 5.91 Å². The highest BCUT2D eigenvalue weighted by atomic mass is 16.1. The molecule has 21 heavy (non-hydrogen) atoms. The SMILES string of the molecule is C[C@H](NC(=O)c1ccccc1)[C@H](c1ccccc1)N(C)C. The van der Waals surface area contributed by atoms with Crippen molar-refractivity contribution in [1.29, 1.82) is 0 Å². The van der Waals surface area contributed by atoms with E-state index in [9.17, 15) is 4.79 Å². The second kappa shape index (κ2) is 7.04. The smallest absolute Gasteiger partial charge is 0.251 e. The van der Waals surface area contributed by atoms with Gasteiger partial charge in [-0.2, -0.15) is 0 Å². The number of likely N-dealkylation sites (N-methyl/N-ethyl adjacent to an activating group) is 1. The van der Waals surface area contributed by atoms with Gasteiger partial charge in [-0.1, -0.05) is 48.5 Å². The van der Waals surface area contributed by atoms with Crippen LogP contribution in [-0.2, 0) is 0 Å². The number of nitrogens with zero attached hydrogens (tertiary/aromatic N) is 1. The first kappa shape index (κ1) is 15.3. The molecular weight excluding hydrogens is 260 g/mol. The van der Waals surface area contributed by atoms with Crippen molar-refractivity contribution in [2.75, 3.05) is 14.1 Å². The quantitative estimate of drug-likeness (QED) is 0.914. The second-order valence-electron chi connectivity index (χ2n) is 5.45. The van der Waals surface area contributed by atoms with Crippen LogP contribution in [-0.4, -0.2) is 30.9 Å². The van der Waals surface area contributed by atoms with Crippen molar-refractivity contribution in [2.24, 2.45) is 0 Å². The van der Waals surface area contributed by atoms with Crippen LogP contribution in [0.5, 0.6) is 0 Å². The molecule has 1 amide bonds. The number of hydrogen-bond donors (Lipinski definition) is 1. The Morgan fingerprint density at radius 3 is 2.00 bits per heavy atom. The van der Waals surface area contributed by atoms with Crippen LogP contribution in [0.25, 0.3) is 0 Å². The number of nitrogens with one attached hydrogen (secondary N) is 1. The van der Waals surface area contributed by atoms with Crippen LogP contribution in [0.1, 0.15) is 28.9 Å². The normalized spacial score (nSPS) is 13.7. The summed E-state index contributed by atoms with van der Waals surface area (Å²) >= 11 is 0. The average Bonchev–Trinajstić information content (AvgIpc) is 2.49. The molecule has 0 unspecified atom stereocenters. The molecule has 0 aromatic heterocycles. The van der Waals surface area contributed by atoms with E-state index in [2.05, 4.69) is 22.3 Å². The van der Waals surface area contributed by atoms with Crippen molar-refractivity contribution in [3.8, 4) is 0 Å². The fourth-order valence-corrected chi connectivity index (χ4v) is 2.64. The second-order valence-corrected chi connectivity index (χ2v) is 5.45. The molecule has 1 N–H and O–H groups in total. The minimum absolute atomic E-state index is 0.00936. The molecule has 0 aliphatic rings. The molecule has 2 atom stereocenters. The summed E-state index contributed by atoms with van der Waals surface area (Å²) in [7, 11) is 4.06. The summed E-state index contributed by atoms with van der Waals surface area (Å²) in [5.74, 6) is -0.0362. The number of carbonyl (C=O) groups excluding carboxylic acids is 1. The van der Waals surface area contributed by atoms with Gasteiger partial charge >= 0.3 is 0 Å². The summed E-state index contributed by atoms with van der Waals surface area (Å²) in [6.45, 7) is 2.04. The van der Waals surface area contributed by atoms with Crippen molar-refractivity contribution in [1.82, 2.24) is 10.2 Å². The highest BCUT2D eigenvalue weighted by Crippen LogP contribution is 2.22. The van der Waals surface area contributed by atoms with Gasteiger partial charge in [-0.15, -0.1) is 0 Å². The van der Waals surface area contributed by atoms with Crippen molar-refractivity contribution in [3.05, 3.63) is 71.8 Å². The van der Waals surface area contributed by atoms with Crippen LogP contribution in [0, 0.1) is 0 Å². The van der Waals surface area contributed by atoms with Crippen LogP contribution in [0.3, 0.4) is 0 Å². The molecule has 2 aromatic carbocycles. The lowest BCUT2D eigenvalue weighted by Gasteiger charge is -2.31. The lowest BCUT2D eigenvalue weighted by molar-refractivity contribution is 0.0915. The van der Waals surface area contributed by atoms with Crippen LogP contribution < -0.4 is 5.32 Å². The van der Waals surface area contributed by atoms with Gasteiger partial charge in [0.2, 0.25) is 0 Å². The Morgan fingerprint density at radius 1 is 0.952 bits per heavy atom. The van der Waals surface area contributed by atoms with E-state index in [1.807, 2.05) is 69.6 Å². The van der Waals surface area contributed by atoms with Crippen molar-refractivity contribution < 1.29 is 4.79 Å². The number of rotatable bonds is 5. The van der Waals surface area contributed by atoms with E-state index in [-0.39, 0.29) is 18.0 Å². The fourth-order valence-electron chi connectivity index (χ4n) is 2.64. The van der Waals surface area contributed by atoms with Crippen LogP contribution in [0.2, 0.25) is 0 Å². The summed E-state index contributed by atoms with van der Waals surface area (Å²) in [6.07, 6.45) is 0. The summed E-state index contributed by atoms with van der Waals surface area (Å²) in [5, 5.41) is 3.10. The first-order valence-electron chi connectivity index (χ1n) is 7.17. The van der Waals surface area contributed by atoms with Crippen molar-refractivity contribution in [3.63, 3.8) is 0 Å². The molecule has 2 aromatic rings. The third-order valence-electron chi connectivity index (χ3n) is 3.57. The molecule has 0 radical (unpaired) electrons. The summed E-state index contributed by atoms with van der Waals surface area (Å²) in [4.78, 5) is 14.4. The Kier molecular flexibility index (Phi) is 5.12. The maximum atomic E-state index is 12.3. The van der Waals surface area contributed by atoms with Gasteiger partial charge in [-0.3, -0.25) is 4.79 Å². The zero-order valence-electron chi connectivity index (χ0n) is 12.8. The first-order chi connectivity index (χ1) is 10.1. The summed E-state index contributed by atoms with van der Waals surface area (Å²) in [6, 6.07) is 19.7. The van der Waals surface area contributed by atoms with Gasteiger partial charge in [0.25, 0.3) is 5.91 Å². The molecule has 0 aliphatic carbocycles. The van der Waals surface area contributed by atoms with E-state index in [0.29, 0.717) is 5.56 Å². The predicted molar refractivity (Wildman–Crippen MR) is 86.2 cm³/mol. The van der Waals surface area contributed by atoms with Gasteiger partial charge in [-0.05, 0) is 38.7 Å². The van der Waals surface area contributed by atoms with Crippen molar-refractivity contribution in [2.45, 2.75) is 19.0 Å². The minimum atomic E-state index is -0.0362. The van der Waals surface area contributed by atoms with Crippen LogP contribution in [0.4, 0.5) is 0 Å². The van der Waals surface area contributed by atoms with E-state index in [0.717, 1.165) is 0 Å². The lowest BCUT2D eigenvalue weighted by atomic mass is 9.99. The molecule has 3 heteroatoms. The predicted octanol–water partition coefficient (Wildman–Crippen LogP) is 3.11. The fraction of sp³-hybridized carbons (Fsp3) is 0.278. The molecule has 0 spiro atoms. The van der Waals surface area contributed by atoms with E-state index >= 15 is 0 Å². The first-order valence-corrected chi connectivity index (χ1v) is 7.17. The standard InChI is InChI=1S/C18H22N2O/c1-14(19-18(21)16-12-8-5-9-13-16)17(20(2)3)15-10-6-4-7-11-15/h4-14,17H,1-3H3,(H,19,21)/t14-,17+/m0/s1. The zero-order chi connectivity index (χ0) is 15.2. The molecular formula is C18H22N2O. The monoisotopic (exact) mass is 282 g/mol. The molecule has 0 saturated carbocycles. The number of amides is 1. The van der Waals surface area contributed by atoms with Gasteiger partial charge in [0, 0.05) is 11.6 Å². The topological polar surface area (TPSA) is 32.3 Å². The van der Waals surface area contributed by atoms with E-state index in [1.165, 1.54) is 5.56 Å². The van der Waals surface area contributed by atoms with Gasteiger partial charge in [-0.25, -0.2) is 0 Å². The largest absolute Gasteiger partial charge is 0.348 e. The van der Waals surface area contributed by atoms with Gasteiger partial charge < -0.3 is 10.2 Å². The molecule has 0 bridgehead atoms. The van der Waals surface area contributed by atoms with E-state index < -0.39 is 0 Å². The minimum Gasteiger partial charge on any atom is -0.348 e. The Morgan fingerprint density at radius 2 is 1.48 bits per heavy atom. The Bertz CT molecular complexity index is 566. The third kappa shape index (κ3) is 3.92. The van der Waals surface area contributed by atoms with E-state index in [4.69, 9.17) is 0 Å². The average molecular weight is 282 g/mol. The highest BCUT2D eigenvalue weighted by molar-refractivity contribution is 5.94. The molecule has 3 nitrogen and oxygen atoms in total. The lowest BCUT2D eigenvalue weighted by Crippen LogP contribution is -2.42. The number of benzene rings is 2. The van der Waals surface area contributed by atoms with Crippen LogP contribution >= 0.6 is 0 Å². The molecule has 2 rings (SSSR count). The molecule has 0 aliphatic heterocycles. The number of hydrogen-bond acceptors (Lipinski definition) is 2. The maximum absolute atomic E-state index is 12.3. The van der Waals surface area contributed by atoms with Gasteiger partial charge in [0.1, 0.15) is 0 Å². The number of carbonyl (C=O) groups is 1. The zero-order valence-corrected chi connectivity index (χ0v) is 12.8. The summed E-state index contributed by atoms with van der Waals surface area (Å²) < 4.78 is 0. The van der Waals surface area contributed by atoms with Gasteiger partial charge in [0.15, 0.2) is 0 Å². The van der Waals surface area contributed by atoms with Crippen LogP contribution in [0.15, 0.2) is 60.7 Å². The van der Waals surface area contributed by atoms with Gasteiger partial charge in [0.05, 0.1) is 6.04 Å². The molecule has 110 valence electrons.